The van der Waals surface area contributed by atoms with E-state index in [1.54, 1.807) is 0 Å². The van der Waals surface area contributed by atoms with Gasteiger partial charge in [0.05, 0.1) is 6.10 Å². The first-order chi connectivity index (χ1) is 9.77. The van der Waals surface area contributed by atoms with Crippen LogP contribution in [0.2, 0.25) is 0 Å². The Balaban J connectivity index is 4.33. The lowest BCUT2D eigenvalue weighted by Gasteiger charge is -2.45. The molecule has 0 fully saturated rings. The van der Waals surface area contributed by atoms with E-state index in [4.69, 9.17) is 4.74 Å². The van der Waals surface area contributed by atoms with Gasteiger partial charge >= 0.3 is 0 Å². The lowest BCUT2D eigenvalue weighted by molar-refractivity contribution is -0.0799. The zero-order chi connectivity index (χ0) is 16.4. The molecule has 0 heterocycles. The molecule has 0 aliphatic carbocycles. The normalized spacial score (nSPS) is 14.4. The van der Waals surface area contributed by atoms with Gasteiger partial charge in [0.1, 0.15) is 0 Å². The second-order valence-corrected chi connectivity index (χ2v) is 8.72. The molecule has 0 spiro atoms. The summed E-state index contributed by atoms with van der Waals surface area (Å²) in [6, 6.07) is 0. The van der Waals surface area contributed by atoms with Crippen molar-refractivity contribution in [2.24, 2.45) is 10.8 Å². The third-order valence-electron chi connectivity index (χ3n) is 5.15. The highest BCUT2D eigenvalue weighted by Crippen LogP contribution is 2.43. The number of hydrogen-bond donors (Lipinski definition) is 0. The lowest BCUT2D eigenvalue weighted by Crippen LogP contribution is -2.42. The molecular weight excluding hydrogens is 324 g/mol. The van der Waals surface area contributed by atoms with Crippen LogP contribution in [0.15, 0.2) is 0 Å². The number of alkyl halides is 1. The van der Waals surface area contributed by atoms with Crippen molar-refractivity contribution < 1.29 is 4.74 Å². The highest BCUT2D eigenvalue weighted by Gasteiger charge is 2.40. The van der Waals surface area contributed by atoms with Crippen molar-refractivity contribution >= 4 is 15.9 Å². The first-order valence-electron chi connectivity index (χ1n) is 8.95. The minimum absolute atomic E-state index is 0.211. The van der Waals surface area contributed by atoms with Crippen molar-refractivity contribution in [1.82, 2.24) is 0 Å². The van der Waals surface area contributed by atoms with Crippen molar-refractivity contribution in [2.75, 3.05) is 11.9 Å². The van der Waals surface area contributed by atoms with Gasteiger partial charge in [0.15, 0.2) is 0 Å². The van der Waals surface area contributed by atoms with E-state index < -0.39 is 0 Å². The van der Waals surface area contributed by atoms with Crippen molar-refractivity contribution in [3.8, 4) is 0 Å². The van der Waals surface area contributed by atoms with Gasteiger partial charge in [0.25, 0.3) is 0 Å². The second-order valence-electron chi connectivity index (χ2n) is 7.93. The molecule has 0 aromatic heterocycles. The number of hydrogen-bond acceptors (Lipinski definition) is 1. The Labute approximate surface area is 142 Å². The Morgan fingerprint density at radius 1 is 0.857 bits per heavy atom. The van der Waals surface area contributed by atoms with Crippen LogP contribution in [0.4, 0.5) is 0 Å². The maximum Gasteiger partial charge on any atom is 0.0631 e. The number of halogens is 1. The highest BCUT2D eigenvalue weighted by molar-refractivity contribution is 9.09. The Hall–Kier alpha value is 0.440. The number of rotatable bonds is 12. The minimum atomic E-state index is 0.211. The van der Waals surface area contributed by atoms with E-state index >= 15 is 0 Å². The molecule has 0 aromatic carbocycles. The number of unbranched alkanes of at least 4 members (excludes halogenated alkanes) is 5. The number of ether oxygens (including phenoxy) is 1. The summed E-state index contributed by atoms with van der Waals surface area (Å²) in [6.45, 7) is 14.9. The molecule has 0 bridgehead atoms. The Bertz CT molecular complexity index is 242. The van der Waals surface area contributed by atoms with Gasteiger partial charge in [-0.3, -0.25) is 0 Å². The van der Waals surface area contributed by atoms with E-state index in [2.05, 4.69) is 57.5 Å². The molecule has 0 aliphatic rings. The van der Waals surface area contributed by atoms with Crippen LogP contribution in [0.3, 0.4) is 0 Å². The fourth-order valence-corrected chi connectivity index (χ4v) is 2.75. The second kappa shape index (κ2) is 11.0. The van der Waals surface area contributed by atoms with Gasteiger partial charge in [-0.1, -0.05) is 96.0 Å². The van der Waals surface area contributed by atoms with Gasteiger partial charge in [-0.2, -0.15) is 0 Å². The summed E-state index contributed by atoms with van der Waals surface area (Å²) >= 11 is 3.50. The molecule has 128 valence electrons. The molecule has 0 aliphatic heterocycles. The van der Waals surface area contributed by atoms with Crippen LogP contribution >= 0.6 is 15.9 Å². The fraction of sp³-hybridized carbons (Fsp3) is 1.00. The van der Waals surface area contributed by atoms with Gasteiger partial charge < -0.3 is 4.74 Å². The highest BCUT2D eigenvalue weighted by atomic mass is 79.9. The zero-order valence-corrected chi connectivity index (χ0v) is 17.0. The predicted molar refractivity (Wildman–Crippen MR) is 99.4 cm³/mol. The van der Waals surface area contributed by atoms with E-state index in [1.165, 1.54) is 44.9 Å². The summed E-state index contributed by atoms with van der Waals surface area (Å²) in [5.74, 6) is 0. The maximum absolute atomic E-state index is 6.27. The average Bonchev–Trinajstić information content (AvgIpc) is 2.39. The molecule has 1 nitrogen and oxygen atoms in total. The SMILES string of the molecule is CCCCCCCCC(OCCCBr)C(C)(C)C(C)(C)C. The topological polar surface area (TPSA) is 9.23 Å². The molecular formula is C19H39BrO. The summed E-state index contributed by atoms with van der Waals surface area (Å²) in [6.07, 6.45) is 10.9. The Morgan fingerprint density at radius 3 is 1.95 bits per heavy atom. The van der Waals surface area contributed by atoms with E-state index in [-0.39, 0.29) is 10.8 Å². The molecule has 0 amide bonds. The molecule has 0 radical (unpaired) electrons. The summed E-state index contributed by atoms with van der Waals surface area (Å²) in [5.41, 5.74) is 0.483. The summed E-state index contributed by atoms with van der Waals surface area (Å²) in [5, 5.41) is 1.03. The van der Waals surface area contributed by atoms with Crippen LogP contribution < -0.4 is 0 Å². The third kappa shape index (κ3) is 8.59. The van der Waals surface area contributed by atoms with Crippen LogP contribution in [-0.2, 0) is 4.74 Å². The summed E-state index contributed by atoms with van der Waals surface area (Å²) < 4.78 is 6.27. The van der Waals surface area contributed by atoms with Gasteiger partial charge in [-0.15, -0.1) is 0 Å². The fourth-order valence-electron chi connectivity index (χ4n) is 2.53. The van der Waals surface area contributed by atoms with Crippen molar-refractivity contribution in [3.05, 3.63) is 0 Å². The summed E-state index contributed by atoms with van der Waals surface area (Å²) in [4.78, 5) is 0. The smallest absolute Gasteiger partial charge is 0.0631 e. The van der Waals surface area contributed by atoms with Crippen LogP contribution in [-0.4, -0.2) is 18.0 Å². The van der Waals surface area contributed by atoms with E-state index in [0.717, 1.165) is 18.4 Å². The molecule has 0 rings (SSSR count). The Kier molecular flexibility index (Phi) is 11.3. The maximum atomic E-state index is 6.27. The van der Waals surface area contributed by atoms with Crippen LogP contribution in [0.25, 0.3) is 0 Å². The molecule has 1 unspecified atom stereocenters. The molecule has 0 N–H and O–H groups in total. The quantitative estimate of drug-likeness (QED) is 0.268. The molecule has 0 saturated heterocycles. The zero-order valence-electron chi connectivity index (χ0n) is 15.4. The standard InChI is InChI=1S/C19H39BrO/c1-7-8-9-10-11-12-14-17(21-16-13-15-20)19(5,6)18(2,3)4/h17H,7-16H2,1-6H3. The largest absolute Gasteiger partial charge is 0.378 e. The van der Waals surface area contributed by atoms with E-state index in [0.29, 0.717) is 6.10 Å². The van der Waals surface area contributed by atoms with Gasteiger partial charge in [-0.25, -0.2) is 0 Å². The molecule has 0 saturated carbocycles. The molecule has 2 heteroatoms. The van der Waals surface area contributed by atoms with Crippen molar-refractivity contribution in [1.29, 1.82) is 0 Å². The summed E-state index contributed by atoms with van der Waals surface area (Å²) in [7, 11) is 0. The Morgan fingerprint density at radius 2 is 1.43 bits per heavy atom. The van der Waals surface area contributed by atoms with Crippen molar-refractivity contribution in [3.63, 3.8) is 0 Å². The van der Waals surface area contributed by atoms with E-state index in [1.807, 2.05) is 0 Å². The van der Waals surface area contributed by atoms with E-state index in [9.17, 15) is 0 Å². The average molecular weight is 363 g/mol. The first kappa shape index (κ1) is 21.4. The van der Waals surface area contributed by atoms with Crippen LogP contribution in [0.1, 0.15) is 92.9 Å². The van der Waals surface area contributed by atoms with Crippen molar-refractivity contribution in [2.45, 2.75) is 99.0 Å². The van der Waals surface area contributed by atoms with Gasteiger partial charge in [-0.05, 0) is 23.7 Å². The lowest BCUT2D eigenvalue weighted by atomic mass is 9.65. The molecule has 1 atom stereocenters. The molecule has 21 heavy (non-hydrogen) atoms. The van der Waals surface area contributed by atoms with Crippen LogP contribution in [0, 0.1) is 10.8 Å². The third-order valence-corrected chi connectivity index (χ3v) is 5.72. The van der Waals surface area contributed by atoms with Gasteiger partial charge in [0, 0.05) is 11.9 Å². The first-order valence-corrected chi connectivity index (χ1v) is 10.1. The minimum Gasteiger partial charge on any atom is -0.378 e. The van der Waals surface area contributed by atoms with Crippen LogP contribution in [0.5, 0.6) is 0 Å². The predicted octanol–water partition coefficient (Wildman–Crippen LogP) is 6.98. The molecule has 0 aromatic rings. The monoisotopic (exact) mass is 362 g/mol. The van der Waals surface area contributed by atoms with Gasteiger partial charge in [0.2, 0.25) is 0 Å².